The van der Waals surface area contributed by atoms with Gasteiger partial charge in [0.15, 0.2) is 5.11 Å². The Morgan fingerprint density at radius 3 is 2.53 bits per heavy atom. The monoisotopic (exact) mass is 567 g/mol. The van der Waals surface area contributed by atoms with Gasteiger partial charge in [-0.15, -0.1) is 6.58 Å². The molecule has 0 atom stereocenters. The Balaban J connectivity index is 1.61. The van der Waals surface area contributed by atoms with E-state index in [-0.39, 0.29) is 38.7 Å². The first-order chi connectivity index (χ1) is 18.2. The average molecular weight is 568 g/mol. The van der Waals surface area contributed by atoms with E-state index in [0.29, 0.717) is 17.7 Å². The lowest BCUT2D eigenvalue weighted by Gasteiger charge is -2.29. The lowest BCUT2D eigenvalue weighted by molar-refractivity contribution is -0.384. The quantitative estimate of drug-likeness (QED) is 0.0888. The number of nitro groups is 1. The fourth-order valence-electron chi connectivity index (χ4n) is 3.73. The molecule has 0 unspecified atom stereocenters. The second-order valence-electron chi connectivity index (χ2n) is 8.10. The van der Waals surface area contributed by atoms with Gasteiger partial charge >= 0.3 is 0 Å². The maximum Gasteiger partial charge on any atom is 0.270 e. The van der Waals surface area contributed by atoms with Gasteiger partial charge in [-0.05, 0) is 77.8 Å². The lowest BCUT2D eigenvalue weighted by Crippen LogP contribution is -2.54. The zero-order chi connectivity index (χ0) is 27.4. The summed E-state index contributed by atoms with van der Waals surface area (Å²) in [6.07, 6.45) is 3.61. The summed E-state index contributed by atoms with van der Waals surface area (Å²) in [5, 5.41) is 13.6. The summed E-state index contributed by atoms with van der Waals surface area (Å²) < 4.78 is 5.94. The standard InChI is InChI=1S/C27H19Cl2N3O5S/c1-2-4-18-13-17(9-12-23(18)37-15-16-7-10-19(11-8-16)32(35)36)14-20-25(33)30-27(38)31(26(20)34)22-6-3-5-21(28)24(22)29/h2-3,5-14H,1,4,15H2,(H,30,33,38)/b20-14+. The van der Waals surface area contributed by atoms with Crippen molar-refractivity contribution >= 4 is 69.8 Å². The summed E-state index contributed by atoms with van der Waals surface area (Å²) in [6.45, 7) is 3.97. The number of carbonyl (C=O) groups is 2. The number of rotatable bonds is 8. The number of hydrogen-bond donors (Lipinski definition) is 1. The van der Waals surface area contributed by atoms with Crippen LogP contribution in [-0.4, -0.2) is 21.9 Å². The number of amides is 2. The van der Waals surface area contributed by atoms with Crippen LogP contribution in [-0.2, 0) is 22.6 Å². The predicted octanol–water partition coefficient (Wildman–Crippen LogP) is 6.04. The van der Waals surface area contributed by atoms with Gasteiger partial charge in [0, 0.05) is 12.1 Å². The van der Waals surface area contributed by atoms with Crippen LogP contribution in [0.3, 0.4) is 0 Å². The van der Waals surface area contributed by atoms with Gasteiger partial charge in [-0.3, -0.25) is 29.9 Å². The molecule has 1 fully saturated rings. The van der Waals surface area contributed by atoms with Gasteiger partial charge in [0.2, 0.25) is 0 Å². The Labute approximate surface area is 233 Å². The first-order valence-corrected chi connectivity index (χ1v) is 12.3. The Hall–Kier alpha value is -4.05. The van der Waals surface area contributed by atoms with Crippen molar-refractivity contribution < 1.29 is 19.2 Å². The van der Waals surface area contributed by atoms with Crippen molar-refractivity contribution in [2.24, 2.45) is 0 Å². The highest BCUT2D eigenvalue weighted by Gasteiger charge is 2.35. The van der Waals surface area contributed by atoms with Crippen molar-refractivity contribution in [1.82, 2.24) is 5.32 Å². The maximum atomic E-state index is 13.3. The van der Waals surface area contributed by atoms with E-state index >= 15 is 0 Å². The highest BCUT2D eigenvalue weighted by Crippen LogP contribution is 2.34. The lowest BCUT2D eigenvalue weighted by atomic mass is 10.0. The number of allylic oxidation sites excluding steroid dienone is 1. The molecule has 38 heavy (non-hydrogen) atoms. The van der Waals surface area contributed by atoms with E-state index in [2.05, 4.69) is 11.9 Å². The number of non-ortho nitro benzene ring substituents is 1. The Kier molecular flexibility index (Phi) is 8.21. The zero-order valence-corrected chi connectivity index (χ0v) is 22.0. The van der Waals surface area contributed by atoms with Gasteiger partial charge in [-0.2, -0.15) is 0 Å². The van der Waals surface area contributed by atoms with Crippen molar-refractivity contribution in [2.75, 3.05) is 4.90 Å². The number of thiocarbonyl (C=S) groups is 1. The van der Waals surface area contributed by atoms with Crippen LogP contribution in [0.4, 0.5) is 11.4 Å². The fourth-order valence-corrected chi connectivity index (χ4v) is 4.38. The molecule has 1 saturated heterocycles. The summed E-state index contributed by atoms with van der Waals surface area (Å²) in [5.74, 6) is -0.719. The maximum absolute atomic E-state index is 13.3. The molecule has 192 valence electrons. The number of carbonyl (C=O) groups excluding carboxylic acids is 2. The zero-order valence-electron chi connectivity index (χ0n) is 19.6. The normalized spacial score (nSPS) is 14.4. The number of anilines is 1. The Bertz CT molecular complexity index is 1510. The van der Waals surface area contributed by atoms with Crippen LogP contribution in [0.1, 0.15) is 16.7 Å². The molecule has 0 aromatic heterocycles. The SMILES string of the molecule is C=CCc1cc(/C=C2\C(=O)NC(=S)N(c3cccc(Cl)c3Cl)C2=O)ccc1OCc1ccc([N+](=O)[O-])cc1. The third-order valence-corrected chi connectivity index (χ3v) is 6.67. The molecule has 11 heteroatoms. The molecule has 1 aliphatic heterocycles. The minimum atomic E-state index is -0.647. The minimum Gasteiger partial charge on any atom is -0.489 e. The first-order valence-electron chi connectivity index (χ1n) is 11.1. The van der Waals surface area contributed by atoms with Crippen LogP contribution in [0.25, 0.3) is 6.08 Å². The third-order valence-electron chi connectivity index (χ3n) is 5.58. The third kappa shape index (κ3) is 5.75. The summed E-state index contributed by atoms with van der Waals surface area (Å²) >= 11 is 17.6. The van der Waals surface area contributed by atoms with Crippen molar-refractivity contribution in [3.05, 3.63) is 116 Å². The summed E-state index contributed by atoms with van der Waals surface area (Å²) in [7, 11) is 0. The van der Waals surface area contributed by atoms with E-state index < -0.39 is 16.7 Å². The van der Waals surface area contributed by atoms with Crippen molar-refractivity contribution in [3.8, 4) is 5.75 Å². The summed E-state index contributed by atoms with van der Waals surface area (Å²) in [6, 6.07) is 16.1. The molecule has 0 aliphatic carbocycles. The van der Waals surface area contributed by atoms with Crippen molar-refractivity contribution in [1.29, 1.82) is 0 Å². The molecular formula is C27H19Cl2N3O5S. The molecule has 3 aromatic rings. The molecular weight excluding hydrogens is 549 g/mol. The van der Waals surface area contributed by atoms with Crippen molar-refractivity contribution in [2.45, 2.75) is 13.0 Å². The van der Waals surface area contributed by atoms with E-state index in [9.17, 15) is 19.7 Å². The molecule has 1 heterocycles. The predicted molar refractivity (Wildman–Crippen MR) is 150 cm³/mol. The van der Waals surface area contributed by atoms with E-state index in [1.54, 1.807) is 54.6 Å². The number of ether oxygens (including phenoxy) is 1. The molecule has 0 bridgehead atoms. The van der Waals surface area contributed by atoms with Crippen molar-refractivity contribution in [3.63, 3.8) is 0 Å². The number of benzene rings is 3. The molecule has 2 amide bonds. The summed E-state index contributed by atoms with van der Waals surface area (Å²) in [5.41, 5.74) is 2.21. The Morgan fingerprint density at radius 2 is 1.84 bits per heavy atom. The van der Waals surface area contributed by atoms with Crippen LogP contribution >= 0.6 is 35.4 Å². The van der Waals surface area contributed by atoms with Crippen LogP contribution < -0.4 is 15.0 Å². The Morgan fingerprint density at radius 1 is 1.11 bits per heavy atom. The summed E-state index contributed by atoms with van der Waals surface area (Å²) in [4.78, 5) is 37.6. The number of nitrogens with one attached hydrogen (secondary N) is 1. The number of halogens is 2. The van der Waals surface area contributed by atoms with Crippen LogP contribution in [0, 0.1) is 10.1 Å². The van der Waals surface area contributed by atoms with Gasteiger partial charge in [0.25, 0.3) is 17.5 Å². The number of nitro benzene ring substituents is 1. The van der Waals surface area contributed by atoms with Crippen LogP contribution in [0.5, 0.6) is 5.75 Å². The van der Waals surface area contributed by atoms with E-state index in [4.69, 9.17) is 40.2 Å². The second kappa shape index (κ2) is 11.6. The van der Waals surface area contributed by atoms with Gasteiger partial charge in [0.1, 0.15) is 17.9 Å². The molecule has 8 nitrogen and oxygen atoms in total. The van der Waals surface area contributed by atoms with E-state index in [0.717, 1.165) is 16.0 Å². The fraction of sp³-hybridized carbons (Fsp3) is 0.0741. The molecule has 0 spiro atoms. The molecule has 0 saturated carbocycles. The van der Waals surface area contributed by atoms with E-state index in [1.165, 1.54) is 18.2 Å². The number of hydrogen-bond acceptors (Lipinski definition) is 6. The highest BCUT2D eigenvalue weighted by molar-refractivity contribution is 7.80. The highest BCUT2D eigenvalue weighted by atomic mass is 35.5. The largest absolute Gasteiger partial charge is 0.489 e. The van der Waals surface area contributed by atoms with Gasteiger partial charge in [-0.25, -0.2) is 0 Å². The minimum absolute atomic E-state index is 0.00301. The van der Waals surface area contributed by atoms with Crippen LogP contribution in [0.2, 0.25) is 10.0 Å². The molecule has 1 aliphatic rings. The average Bonchev–Trinajstić information content (AvgIpc) is 2.89. The molecule has 0 radical (unpaired) electrons. The first kappa shape index (κ1) is 27.0. The van der Waals surface area contributed by atoms with Gasteiger partial charge < -0.3 is 4.74 Å². The smallest absolute Gasteiger partial charge is 0.270 e. The van der Waals surface area contributed by atoms with Crippen LogP contribution in [0.15, 0.2) is 78.9 Å². The topological polar surface area (TPSA) is 102 Å². The second-order valence-corrected chi connectivity index (χ2v) is 9.27. The molecule has 1 N–H and O–H groups in total. The number of nitrogens with zero attached hydrogens (tertiary/aromatic N) is 2. The van der Waals surface area contributed by atoms with E-state index in [1.807, 2.05) is 0 Å². The molecule has 4 rings (SSSR count). The van der Waals surface area contributed by atoms with Gasteiger partial charge in [0.05, 0.1) is 20.7 Å². The van der Waals surface area contributed by atoms with Gasteiger partial charge in [-0.1, -0.05) is 41.4 Å². The molecule has 3 aromatic carbocycles.